The molecule has 0 saturated heterocycles. The molecule has 1 aliphatic heterocycles. The number of para-hydroxylation sites is 1. The average Bonchev–Trinajstić information content (AvgIpc) is 2.98. The van der Waals surface area contributed by atoms with E-state index in [4.69, 9.17) is 4.99 Å². The van der Waals surface area contributed by atoms with Crippen LogP contribution in [-0.2, 0) is 22.2 Å². The first-order valence-corrected chi connectivity index (χ1v) is 12.3. The molecule has 1 saturated carbocycles. The quantitative estimate of drug-likeness (QED) is 0.644. The van der Waals surface area contributed by atoms with E-state index in [1.165, 1.54) is 23.5 Å². The van der Waals surface area contributed by atoms with Crippen molar-refractivity contribution in [3.63, 3.8) is 0 Å². The van der Waals surface area contributed by atoms with Crippen LogP contribution in [0.1, 0.15) is 55.2 Å². The number of fused-ring (bicyclic) bond motifs is 1. The maximum Gasteiger partial charge on any atom is 0.416 e. The van der Waals surface area contributed by atoms with Crippen molar-refractivity contribution < 1.29 is 22.8 Å². The fraction of sp³-hybridized carbons (Fsp3) is 0.444. The van der Waals surface area contributed by atoms with Crippen molar-refractivity contribution in [2.45, 2.75) is 63.3 Å². The van der Waals surface area contributed by atoms with Gasteiger partial charge in [0.2, 0.25) is 12.1 Å². The third-order valence-electron chi connectivity index (χ3n) is 7.00. The van der Waals surface area contributed by atoms with Crippen molar-refractivity contribution >= 4 is 23.3 Å². The fourth-order valence-electron chi connectivity index (χ4n) is 4.86. The zero-order valence-electron chi connectivity index (χ0n) is 20.5. The summed E-state index contributed by atoms with van der Waals surface area (Å²) in [5.74, 6) is -0.0726. The molecule has 2 aromatic rings. The number of likely N-dealkylation sites (N-methyl/N-ethyl adjacent to an activating group) is 1. The minimum absolute atomic E-state index is 0.0229. The van der Waals surface area contributed by atoms with E-state index in [9.17, 15) is 22.8 Å². The van der Waals surface area contributed by atoms with E-state index in [2.05, 4.69) is 10.2 Å². The third kappa shape index (κ3) is 5.71. The lowest BCUT2D eigenvalue weighted by molar-refractivity contribution is -0.137. The van der Waals surface area contributed by atoms with Crippen molar-refractivity contribution in [1.82, 2.24) is 10.2 Å². The summed E-state index contributed by atoms with van der Waals surface area (Å²) in [5.41, 5.74) is 1.44. The zero-order chi connectivity index (χ0) is 25.9. The van der Waals surface area contributed by atoms with Crippen molar-refractivity contribution in [3.8, 4) is 0 Å². The molecule has 1 atom stereocenters. The summed E-state index contributed by atoms with van der Waals surface area (Å²) in [6.07, 6.45) is 0.376. The van der Waals surface area contributed by atoms with Crippen molar-refractivity contribution in [2.75, 3.05) is 19.0 Å². The first kappa shape index (κ1) is 25.7. The highest BCUT2D eigenvalue weighted by atomic mass is 19.4. The monoisotopic (exact) mass is 500 g/mol. The molecule has 2 aromatic carbocycles. The van der Waals surface area contributed by atoms with Crippen LogP contribution < -0.4 is 10.2 Å². The summed E-state index contributed by atoms with van der Waals surface area (Å²) in [4.78, 5) is 34.5. The Morgan fingerprint density at radius 2 is 1.75 bits per heavy atom. The minimum atomic E-state index is -4.40. The van der Waals surface area contributed by atoms with Crippen LogP contribution in [0.4, 0.5) is 18.9 Å². The number of anilines is 1. The third-order valence-corrected chi connectivity index (χ3v) is 7.00. The highest BCUT2D eigenvalue weighted by molar-refractivity contribution is 6.12. The summed E-state index contributed by atoms with van der Waals surface area (Å²) in [6.45, 7) is 0. The molecule has 1 heterocycles. The van der Waals surface area contributed by atoms with Gasteiger partial charge in [-0.15, -0.1) is 0 Å². The van der Waals surface area contributed by atoms with Crippen LogP contribution in [0.3, 0.4) is 0 Å². The Balaban J connectivity index is 1.51. The molecule has 1 N–H and O–H groups in total. The number of amides is 2. The molecule has 2 aliphatic rings. The molecule has 6 nitrogen and oxygen atoms in total. The molecule has 2 amide bonds. The van der Waals surface area contributed by atoms with Gasteiger partial charge in [0.05, 0.1) is 11.3 Å². The van der Waals surface area contributed by atoms with Gasteiger partial charge in [-0.2, -0.15) is 13.2 Å². The summed E-state index contributed by atoms with van der Waals surface area (Å²) < 4.78 is 38.4. The second-order valence-electron chi connectivity index (χ2n) is 9.43. The summed E-state index contributed by atoms with van der Waals surface area (Å²) in [5, 5.41) is 2.74. The first-order chi connectivity index (χ1) is 17.1. The van der Waals surface area contributed by atoms with Crippen LogP contribution >= 0.6 is 0 Å². The van der Waals surface area contributed by atoms with Gasteiger partial charge in [0.15, 0.2) is 0 Å². The summed E-state index contributed by atoms with van der Waals surface area (Å²) in [6, 6.07) is 12.6. The number of carbonyl (C=O) groups is 2. The number of nitrogens with one attached hydrogen (secondary N) is 1. The van der Waals surface area contributed by atoms with Gasteiger partial charge in [-0.3, -0.25) is 9.59 Å². The molecule has 9 heteroatoms. The van der Waals surface area contributed by atoms with Crippen molar-refractivity contribution in [1.29, 1.82) is 0 Å². The number of nitrogens with zero attached hydrogens (tertiary/aromatic N) is 3. The van der Waals surface area contributed by atoms with Crippen LogP contribution in [0.15, 0.2) is 53.5 Å². The van der Waals surface area contributed by atoms with Gasteiger partial charge < -0.3 is 15.1 Å². The van der Waals surface area contributed by atoms with E-state index in [1.807, 2.05) is 31.3 Å². The lowest BCUT2D eigenvalue weighted by Crippen LogP contribution is -2.46. The Labute approximate surface area is 209 Å². The summed E-state index contributed by atoms with van der Waals surface area (Å²) >= 11 is 0. The number of aryl methyl sites for hydroxylation is 1. The molecule has 4 rings (SSSR count). The highest BCUT2D eigenvalue weighted by Crippen LogP contribution is 2.30. The zero-order valence-corrected chi connectivity index (χ0v) is 20.5. The topological polar surface area (TPSA) is 65.0 Å². The molecule has 0 bridgehead atoms. The van der Waals surface area contributed by atoms with Crippen molar-refractivity contribution in [2.24, 2.45) is 4.99 Å². The Hall–Kier alpha value is -3.36. The lowest BCUT2D eigenvalue weighted by Gasteiger charge is -2.34. The Bertz CT molecular complexity index is 1120. The van der Waals surface area contributed by atoms with Gasteiger partial charge in [0, 0.05) is 32.1 Å². The van der Waals surface area contributed by atoms with E-state index in [0.717, 1.165) is 49.1 Å². The fourth-order valence-corrected chi connectivity index (χ4v) is 4.86. The number of alkyl halides is 3. The van der Waals surface area contributed by atoms with Crippen LogP contribution in [-0.4, -0.2) is 48.9 Å². The van der Waals surface area contributed by atoms with Gasteiger partial charge >= 0.3 is 6.18 Å². The van der Waals surface area contributed by atoms with Gasteiger partial charge in [0.1, 0.15) is 5.84 Å². The average molecular weight is 501 g/mol. The molecular formula is C27H31F3N4O2. The molecule has 36 heavy (non-hydrogen) atoms. The van der Waals surface area contributed by atoms with E-state index < -0.39 is 23.8 Å². The predicted octanol–water partition coefficient (Wildman–Crippen LogP) is 4.77. The van der Waals surface area contributed by atoms with Crippen LogP contribution in [0.2, 0.25) is 0 Å². The Kier molecular flexibility index (Phi) is 7.66. The number of amidine groups is 1. The molecule has 0 aromatic heterocycles. The molecule has 1 fully saturated rings. The minimum Gasteiger partial charge on any atom is -0.356 e. The molecule has 0 spiro atoms. The smallest absolute Gasteiger partial charge is 0.356 e. The largest absolute Gasteiger partial charge is 0.416 e. The number of benzodiazepines with no additional fused rings is 1. The predicted molar refractivity (Wildman–Crippen MR) is 133 cm³/mol. The van der Waals surface area contributed by atoms with E-state index in [1.54, 1.807) is 7.05 Å². The number of carbonyl (C=O) groups excluding carboxylic acids is 2. The highest BCUT2D eigenvalue weighted by Gasteiger charge is 2.33. The lowest BCUT2D eigenvalue weighted by atomic mass is 9.94. The van der Waals surface area contributed by atoms with Gasteiger partial charge in [-0.25, -0.2) is 4.99 Å². The second-order valence-corrected chi connectivity index (χ2v) is 9.43. The van der Waals surface area contributed by atoms with Gasteiger partial charge in [0.25, 0.3) is 5.91 Å². The number of aliphatic imine (C=N–C) groups is 1. The maximum absolute atomic E-state index is 13.3. The molecule has 1 aliphatic carbocycles. The maximum atomic E-state index is 13.3. The second kappa shape index (κ2) is 10.7. The molecule has 192 valence electrons. The van der Waals surface area contributed by atoms with Gasteiger partial charge in [-0.1, -0.05) is 43.5 Å². The number of benzene rings is 2. The standard InChI is InChI=1S/C27H31F3N4O2/c1-33(20-8-4-3-5-9-20)25-21-10-6-7-11-22(21)34(2)26(36)24(32-25)31-23(35)17-14-18-12-15-19(16-13-18)27(28,29)30/h6-7,10-13,15-16,20,24H,3-5,8-9,14,17H2,1-2H3,(H,31,35). The number of hydrogen-bond acceptors (Lipinski definition) is 4. The molecule has 1 unspecified atom stereocenters. The number of halogens is 3. The number of rotatable bonds is 5. The summed E-state index contributed by atoms with van der Waals surface area (Å²) in [7, 11) is 3.66. The van der Waals surface area contributed by atoms with Crippen molar-refractivity contribution in [3.05, 3.63) is 65.2 Å². The Morgan fingerprint density at radius 3 is 2.42 bits per heavy atom. The van der Waals surface area contributed by atoms with Crippen LogP contribution in [0.5, 0.6) is 0 Å². The van der Waals surface area contributed by atoms with Crippen LogP contribution in [0.25, 0.3) is 0 Å². The Morgan fingerprint density at radius 1 is 1.08 bits per heavy atom. The first-order valence-electron chi connectivity index (χ1n) is 12.3. The normalized spacial score (nSPS) is 18.8. The van der Waals surface area contributed by atoms with Crippen LogP contribution in [0, 0.1) is 0 Å². The van der Waals surface area contributed by atoms with Gasteiger partial charge in [-0.05, 0) is 49.1 Å². The molecular weight excluding hydrogens is 469 g/mol. The van der Waals surface area contributed by atoms with E-state index >= 15 is 0 Å². The van der Waals surface area contributed by atoms with E-state index in [0.29, 0.717) is 17.4 Å². The molecule has 0 radical (unpaired) electrons. The van der Waals surface area contributed by atoms with E-state index in [-0.39, 0.29) is 18.7 Å². The SMILES string of the molecule is CN1C(=O)C(NC(=O)CCc2ccc(C(F)(F)F)cc2)N=C(N(C)C2CCCCC2)c2ccccc21. The number of hydrogen-bond donors (Lipinski definition) is 1.